The summed E-state index contributed by atoms with van der Waals surface area (Å²) in [5, 5.41) is 2.94. The van der Waals surface area contributed by atoms with Gasteiger partial charge in [0.15, 0.2) is 0 Å². The van der Waals surface area contributed by atoms with Gasteiger partial charge in [-0.15, -0.1) is 0 Å². The maximum Gasteiger partial charge on any atom is 0.407 e. The molecule has 0 spiro atoms. The monoisotopic (exact) mass is 453 g/mol. The summed E-state index contributed by atoms with van der Waals surface area (Å²) in [7, 11) is 1.66. The molecule has 0 aromatic heterocycles. The number of esters is 1. The number of amides is 1. The second-order valence-electron chi connectivity index (χ2n) is 9.72. The van der Waals surface area contributed by atoms with Crippen LogP contribution in [0.25, 0.3) is 0 Å². The van der Waals surface area contributed by atoms with Gasteiger partial charge in [0.2, 0.25) is 0 Å². The predicted octanol–water partition coefficient (Wildman–Crippen LogP) is 4.92. The van der Waals surface area contributed by atoms with Crippen molar-refractivity contribution in [2.75, 3.05) is 7.11 Å². The Morgan fingerprint density at radius 1 is 1.12 bits per heavy atom. The second kappa shape index (κ2) is 10.3. The number of carbonyl (C=O) groups excluding carboxylic acids is 2. The highest BCUT2D eigenvalue weighted by molar-refractivity contribution is 5.77. The molecule has 2 aromatic carbocycles. The van der Waals surface area contributed by atoms with E-state index in [0.29, 0.717) is 19.3 Å². The third-order valence-electron chi connectivity index (χ3n) is 6.11. The Bertz CT molecular complexity index is 980. The molecule has 1 N–H and O–H groups in total. The van der Waals surface area contributed by atoms with E-state index >= 15 is 0 Å². The summed E-state index contributed by atoms with van der Waals surface area (Å²) in [6.45, 7) is 9.54. The third-order valence-corrected chi connectivity index (χ3v) is 6.11. The highest BCUT2D eigenvalue weighted by atomic mass is 16.6. The van der Waals surface area contributed by atoms with Crippen LogP contribution in [0.4, 0.5) is 4.79 Å². The van der Waals surface area contributed by atoms with E-state index in [9.17, 15) is 9.59 Å². The fourth-order valence-electron chi connectivity index (χ4n) is 4.29. The quantitative estimate of drug-likeness (QED) is 0.602. The first kappa shape index (κ1) is 24.6. The van der Waals surface area contributed by atoms with Crippen LogP contribution in [0.2, 0.25) is 0 Å². The van der Waals surface area contributed by atoms with E-state index in [1.807, 2.05) is 70.2 Å². The summed E-state index contributed by atoms with van der Waals surface area (Å²) in [6, 6.07) is 13.4. The van der Waals surface area contributed by atoms with Crippen molar-refractivity contribution < 1.29 is 23.8 Å². The van der Waals surface area contributed by atoms with Crippen LogP contribution in [0.3, 0.4) is 0 Å². The summed E-state index contributed by atoms with van der Waals surface area (Å²) in [5.74, 6) is 0.129. The number of hydrogen-bond donors (Lipinski definition) is 1. The van der Waals surface area contributed by atoms with E-state index in [1.165, 1.54) is 0 Å². The van der Waals surface area contributed by atoms with Crippen molar-refractivity contribution >= 4 is 12.1 Å². The van der Waals surface area contributed by atoms with Crippen LogP contribution in [-0.4, -0.2) is 36.9 Å². The summed E-state index contributed by atoms with van der Waals surface area (Å²) >= 11 is 0. The normalized spacial score (nSPS) is 19.0. The highest BCUT2D eigenvalue weighted by Gasteiger charge is 2.41. The van der Waals surface area contributed by atoms with Crippen molar-refractivity contribution in [3.8, 4) is 5.75 Å². The Hall–Kier alpha value is -3.02. The minimum atomic E-state index is -0.621. The molecule has 3 atom stereocenters. The fraction of sp³-hybridized carbons (Fsp3) is 0.481. The first-order chi connectivity index (χ1) is 15.6. The molecule has 1 amide bonds. The lowest BCUT2D eigenvalue weighted by molar-refractivity contribution is -0.144. The molecule has 1 aliphatic heterocycles. The summed E-state index contributed by atoms with van der Waals surface area (Å²) in [6.07, 6.45) is 0.918. The van der Waals surface area contributed by atoms with E-state index in [2.05, 4.69) is 12.2 Å². The molecule has 2 aromatic rings. The molecule has 3 rings (SSSR count). The SMILES string of the molecule is COc1ccc(C[C@@H]2C[C@H]([C@H](Cc3ccccc3)NC(=O)OC(C)(C)C)C(=O)O2)c(C)c1C. The molecular weight excluding hydrogens is 418 g/mol. The lowest BCUT2D eigenvalue weighted by Crippen LogP contribution is -2.45. The lowest BCUT2D eigenvalue weighted by Gasteiger charge is -2.26. The summed E-state index contributed by atoms with van der Waals surface area (Å²) < 4.78 is 16.6. The zero-order chi connectivity index (χ0) is 24.2. The first-order valence-corrected chi connectivity index (χ1v) is 11.4. The predicted molar refractivity (Wildman–Crippen MR) is 127 cm³/mol. The van der Waals surface area contributed by atoms with Crippen molar-refractivity contribution in [3.05, 3.63) is 64.7 Å². The zero-order valence-electron chi connectivity index (χ0n) is 20.4. The summed E-state index contributed by atoms with van der Waals surface area (Å²) in [5.41, 5.74) is 3.78. The number of rotatable bonds is 7. The van der Waals surface area contributed by atoms with E-state index in [0.717, 1.165) is 28.0 Å². The Balaban J connectivity index is 1.76. The van der Waals surface area contributed by atoms with Gasteiger partial charge in [-0.3, -0.25) is 4.79 Å². The van der Waals surface area contributed by atoms with Gasteiger partial charge in [0, 0.05) is 12.5 Å². The van der Waals surface area contributed by atoms with Crippen LogP contribution >= 0.6 is 0 Å². The molecule has 0 radical (unpaired) electrons. The molecule has 1 heterocycles. The molecule has 0 bridgehead atoms. The molecule has 6 heteroatoms. The van der Waals surface area contributed by atoms with Crippen molar-refractivity contribution in [3.63, 3.8) is 0 Å². The Kier molecular flexibility index (Phi) is 7.67. The van der Waals surface area contributed by atoms with E-state index in [1.54, 1.807) is 7.11 Å². The van der Waals surface area contributed by atoms with Gasteiger partial charge in [-0.1, -0.05) is 36.4 Å². The van der Waals surface area contributed by atoms with Gasteiger partial charge in [-0.05, 0) is 75.8 Å². The van der Waals surface area contributed by atoms with Crippen molar-refractivity contribution in [1.29, 1.82) is 0 Å². The maximum absolute atomic E-state index is 12.9. The molecule has 6 nitrogen and oxygen atoms in total. The minimum absolute atomic E-state index is 0.243. The number of carbonyl (C=O) groups is 2. The Labute approximate surface area is 196 Å². The van der Waals surface area contributed by atoms with Crippen LogP contribution in [-0.2, 0) is 27.1 Å². The average Bonchev–Trinajstić information content (AvgIpc) is 3.10. The molecule has 0 unspecified atom stereocenters. The molecule has 1 aliphatic rings. The van der Waals surface area contributed by atoms with Crippen LogP contribution < -0.4 is 10.1 Å². The Morgan fingerprint density at radius 2 is 1.82 bits per heavy atom. The third kappa shape index (κ3) is 6.50. The van der Waals surface area contributed by atoms with Crippen LogP contribution in [0, 0.1) is 19.8 Å². The molecule has 1 saturated heterocycles. The van der Waals surface area contributed by atoms with Crippen LogP contribution in [0.15, 0.2) is 42.5 Å². The van der Waals surface area contributed by atoms with Crippen molar-refractivity contribution in [2.24, 2.45) is 5.92 Å². The minimum Gasteiger partial charge on any atom is -0.496 e. The largest absolute Gasteiger partial charge is 0.496 e. The number of ether oxygens (including phenoxy) is 3. The van der Waals surface area contributed by atoms with Gasteiger partial charge in [-0.2, -0.15) is 0 Å². The van der Waals surface area contributed by atoms with Gasteiger partial charge in [0.05, 0.1) is 13.0 Å². The zero-order valence-corrected chi connectivity index (χ0v) is 20.4. The molecule has 0 saturated carbocycles. The number of alkyl carbamates (subject to hydrolysis) is 1. The standard InChI is InChI=1S/C27H35NO5/c1-17-18(2)24(31-6)13-12-20(17)15-21-16-22(25(29)32-21)23(14-19-10-8-7-9-11-19)28-26(30)33-27(3,4)5/h7-13,21-23H,14-16H2,1-6H3,(H,28,30)/t21-,22-,23+/m1/s1. The van der Waals surface area contributed by atoms with E-state index in [-0.39, 0.29) is 12.1 Å². The van der Waals surface area contributed by atoms with Gasteiger partial charge in [0.1, 0.15) is 17.5 Å². The number of hydrogen-bond acceptors (Lipinski definition) is 5. The highest BCUT2D eigenvalue weighted by Crippen LogP contribution is 2.31. The fourth-order valence-corrected chi connectivity index (χ4v) is 4.29. The summed E-state index contributed by atoms with van der Waals surface area (Å²) in [4.78, 5) is 25.4. The smallest absolute Gasteiger partial charge is 0.407 e. The average molecular weight is 454 g/mol. The molecule has 1 fully saturated rings. The van der Waals surface area contributed by atoms with Crippen LogP contribution in [0.1, 0.15) is 49.4 Å². The number of cyclic esters (lactones) is 1. The number of benzene rings is 2. The maximum atomic E-state index is 12.9. The molecular formula is C27H35NO5. The van der Waals surface area contributed by atoms with E-state index < -0.39 is 23.7 Å². The number of nitrogens with one attached hydrogen (secondary N) is 1. The van der Waals surface area contributed by atoms with Gasteiger partial charge < -0.3 is 19.5 Å². The van der Waals surface area contributed by atoms with Crippen LogP contribution in [0.5, 0.6) is 5.75 Å². The van der Waals surface area contributed by atoms with Gasteiger partial charge >= 0.3 is 12.1 Å². The van der Waals surface area contributed by atoms with Gasteiger partial charge in [-0.25, -0.2) is 4.79 Å². The second-order valence-corrected chi connectivity index (χ2v) is 9.72. The number of methoxy groups -OCH3 is 1. The van der Waals surface area contributed by atoms with Gasteiger partial charge in [0.25, 0.3) is 0 Å². The molecule has 0 aliphatic carbocycles. The first-order valence-electron chi connectivity index (χ1n) is 11.4. The van der Waals surface area contributed by atoms with Crippen molar-refractivity contribution in [1.82, 2.24) is 5.32 Å². The topological polar surface area (TPSA) is 73.9 Å². The lowest BCUT2D eigenvalue weighted by atomic mass is 9.89. The molecule has 33 heavy (non-hydrogen) atoms. The van der Waals surface area contributed by atoms with Crippen molar-refractivity contribution in [2.45, 2.75) is 71.6 Å². The Morgan fingerprint density at radius 3 is 2.45 bits per heavy atom. The molecule has 178 valence electrons. The van der Waals surface area contributed by atoms with E-state index in [4.69, 9.17) is 14.2 Å².